The summed E-state index contributed by atoms with van der Waals surface area (Å²) in [6.07, 6.45) is 19.0. The van der Waals surface area contributed by atoms with Gasteiger partial charge in [-0.1, -0.05) is 30.3 Å². The molecule has 4 heteroatoms. The molecule has 3 fully saturated rings. The van der Waals surface area contributed by atoms with Crippen LogP contribution in [-0.4, -0.2) is 13.0 Å². The number of anilines is 1. The van der Waals surface area contributed by atoms with Crippen molar-refractivity contribution < 1.29 is 26.6 Å². The minimum Gasteiger partial charge on any atom is -0.497 e. The third-order valence-corrected chi connectivity index (χ3v) is 5.45. The maximum atomic E-state index is 12.9. The van der Waals surface area contributed by atoms with E-state index in [0.29, 0.717) is 0 Å². The van der Waals surface area contributed by atoms with Gasteiger partial charge in [-0.3, -0.25) is 4.79 Å². The first-order chi connectivity index (χ1) is 14.8. The second-order valence-corrected chi connectivity index (χ2v) is 7.33. The van der Waals surface area contributed by atoms with Crippen LogP contribution in [0.25, 0.3) is 0 Å². The molecular formula is C27H25FeNO2+2. The quantitative estimate of drug-likeness (QED) is 0.461. The summed E-state index contributed by atoms with van der Waals surface area (Å²) in [7, 11) is 1.65. The minimum absolute atomic E-state index is 0. The van der Waals surface area contributed by atoms with Crippen LogP contribution < -0.4 is 9.64 Å². The van der Waals surface area contributed by atoms with Crippen molar-refractivity contribution in [1.29, 1.82) is 0 Å². The van der Waals surface area contributed by atoms with Crippen molar-refractivity contribution in [3.05, 3.63) is 124 Å². The van der Waals surface area contributed by atoms with Gasteiger partial charge in [0.25, 0.3) is 0 Å². The molecule has 2 aromatic rings. The van der Waals surface area contributed by atoms with Crippen molar-refractivity contribution in [3.63, 3.8) is 0 Å². The number of methoxy groups -OCH3 is 1. The van der Waals surface area contributed by atoms with Gasteiger partial charge in [-0.05, 0) is 100.0 Å². The van der Waals surface area contributed by atoms with Gasteiger partial charge >= 0.3 is 17.1 Å². The number of hydrogen-bond donors (Lipinski definition) is 0. The molecule has 0 aromatic heterocycles. The molecule has 2 saturated carbocycles. The fourth-order valence-electron chi connectivity index (χ4n) is 3.93. The molecule has 1 aliphatic heterocycles. The molecular weight excluding hydrogens is 426 g/mol. The summed E-state index contributed by atoms with van der Waals surface area (Å²) in [6, 6.07) is 18.0. The van der Waals surface area contributed by atoms with Gasteiger partial charge < -0.3 is 9.64 Å². The molecule has 3 nitrogen and oxygen atoms in total. The topological polar surface area (TPSA) is 29.5 Å². The van der Waals surface area contributed by atoms with E-state index in [1.165, 1.54) is 11.5 Å². The Kier molecular flexibility index (Phi) is 9.04. The van der Waals surface area contributed by atoms with E-state index in [1.807, 2.05) is 92.3 Å². The number of benzene rings is 2. The van der Waals surface area contributed by atoms with Gasteiger partial charge in [0, 0.05) is 5.69 Å². The van der Waals surface area contributed by atoms with Crippen molar-refractivity contribution in [3.8, 4) is 5.75 Å². The summed E-state index contributed by atoms with van der Waals surface area (Å²) < 4.78 is 5.23. The molecule has 2 aliphatic carbocycles. The molecule has 31 heavy (non-hydrogen) atoms. The third kappa shape index (κ3) is 5.73. The molecule has 2 aromatic carbocycles. The summed E-state index contributed by atoms with van der Waals surface area (Å²) in [5.74, 6) is 2.17. The summed E-state index contributed by atoms with van der Waals surface area (Å²) >= 11 is 0. The zero-order valence-corrected chi connectivity index (χ0v) is 18.5. The number of hydrogen-bond acceptors (Lipinski definition) is 2. The minimum atomic E-state index is -0.0214. The Morgan fingerprint density at radius 2 is 1.39 bits per heavy atom. The fourth-order valence-corrected chi connectivity index (χ4v) is 3.93. The van der Waals surface area contributed by atoms with Gasteiger partial charge in [-0.15, -0.1) is 0 Å². The molecule has 1 heterocycles. The van der Waals surface area contributed by atoms with Crippen LogP contribution in [0.15, 0.2) is 54.6 Å². The Labute approximate surface area is 198 Å². The maximum absolute atomic E-state index is 12.9. The first-order valence-corrected chi connectivity index (χ1v) is 10.2. The molecule has 10 radical (unpaired) electrons. The standard InChI is InChI=1S/C22H20NO2.C5H5.Fe/c1-25-19-13-11-18(12-14-19)23-21(17-9-3-2-4-10-17)20(22(23)24)15-16-7-5-6-8-16;1-2-4-5-3-1;/h2-14,20-21H,15H2,1H3;1-5H;/q;;+2/t20-,21+;;/m0../s1. The van der Waals surface area contributed by atoms with Crippen LogP contribution in [0.2, 0.25) is 0 Å². The van der Waals surface area contributed by atoms with Crippen LogP contribution >= 0.6 is 0 Å². The van der Waals surface area contributed by atoms with E-state index in [0.717, 1.165) is 17.9 Å². The molecule has 156 valence electrons. The number of amides is 1. The number of rotatable bonds is 5. The zero-order chi connectivity index (χ0) is 20.8. The number of β-lactam (4-membered cyclic amide) rings is 1. The molecule has 1 saturated heterocycles. The van der Waals surface area contributed by atoms with E-state index >= 15 is 0 Å². The van der Waals surface area contributed by atoms with Crippen LogP contribution in [-0.2, 0) is 21.9 Å². The molecule has 1 amide bonds. The SMILES string of the molecule is COc1ccc(N2C(=O)[C@@H](C[C]3[CH][CH][CH][CH]3)[C@H]2c2ccccc2)cc1.[CH]1[CH][CH][CH][CH]1.[Fe+2]. The van der Waals surface area contributed by atoms with Gasteiger partial charge in [0.15, 0.2) is 0 Å². The predicted molar refractivity (Wildman–Crippen MR) is 120 cm³/mol. The Morgan fingerprint density at radius 3 is 1.94 bits per heavy atom. The second-order valence-electron chi connectivity index (χ2n) is 7.33. The predicted octanol–water partition coefficient (Wildman–Crippen LogP) is 5.21. The molecule has 0 spiro atoms. The third-order valence-electron chi connectivity index (χ3n) is 5.45. The van der Waals surface area contributed by atoms with Crippen LogP contribution in [0.4, 0.5) is 5.69 Å². The molecule has 0 bridgehead atoms. The van der Waals surface area contributed by atoms with Crippen LogP contribution in [0.1, 0.15) is 18.0 Å². The van der Waals surface area contributed by atoms with Crippen molar-refractivity contribution in [2.75, 3.05) is 12.0 Å². The summed E-state index contributed by atoms with van der Waals surface area (Å²) in [6.45, 7) is 0. The van der Waals surface area contributed by atoms with Gasteiger partial charge in [0.1, 0.15) is 5.75 Å². The summed E-state index contributed by atoms with van der Waals surface area (Å²) in [4.78, 5) is 14.8. The van der Waals surface area contributed by atoms with Gasteiger partial charge in [0.05, 0.1) is 19.1 Å². The number of nitrogens with zero attached hydrogens (tertiary/aromatic N) is 1. The van der Waals surface area contributed by atoms with E-state index in [-0.39, 0.29) is 34.9 Å². The Bertz CT molecular complexity index is 790. The molecule has 0 unspecified atom stereocenters. The van der Waals surface area contributed by atoms with Crippen molar-refractivity contribution in [2.45, 2.75) is 12.5 Å². The van der Waals surface area contributed by atoms with Crippen LogP contribution in [0, 0.1) is 69.6 Å². The summed E-state index contributed by atoms with van der Waals surface area (Å²) in [5.41, 5.74) is 2.09. The number of ether oxygens (including phenoxy) is 1. The molecule has 3 aliphatic rings. The van der Waals surface area contributed by atoms with Crippen molar-refractivity contribution >= 4 is 11.6 Å². The van der Waals surface area contributed by atoms with Gasteiger partial charge in [-0.25, -0.2) is 0 Å². The maximum Gasteiger partial charge on any atom is 2.00 e. The fraction of sp³-hybridized carbons (Fsp3) is 0.148. The molecule has 2 atom stereocenters. The first kappa shape index (κ1) is 23.9. The van der Waals surface area contributed by atoms with E-state index in [4.69, 9.17) is 4.74 Å². The smallest absolute Gasteiger partial charge is 0.497 e. The first-order valence-electron chi connectivity index (χ1n) is 10.2. The normalized spacial score (nSPS) is 22.9. The Morgan fingerprint density at radius 1 is 0.806 bits per heavy atom. The van der Waals surface area contributed by atoms with Crippen molar-refractivity contribution in [1.82, 2.24) is 0 Å². The van der Waals surface area contributed by atoms with E-state index in [1.54, 1.807) is 7.11 Å². The zero-order valence-electron chi connectivity index (χ0n) is 17.4. The van der Waals surface area contributed by atoms with Gasteiger partial charge in [0.2, 0.25) is 5.91 Å². The van der Waals surface area contributed by atoms with E-state index in [9.17, 15) is 4.79 Å². The van der Waals surface area contributed by atoms with E-state index in [2.05, 4.69) is 25.0 Å². The number of carbonyl (C=O) groups excluding carboxylic acids is 1. The largest absolute Gasteiger partial charge is 2.00 e. The Balaban J connectivity index is 0.000000401. The number of carbonyl (C=O) groups is 1. The monoisotopic (exact) mass is 451 g/mol. The van der Waals surface area contributed by atoms with Gasteiger partial charge in [-0.2, -0.15) is 0 Å². The average molecular weight is 451 g/mol. The van der Waals surface area contributed by atoms with Crippen LogP contribution in [0.5, 0.6) is 5.75 Å². The molecule has 5 rings (SSSR count). The second kappa shape index (κ2) is 11.7. The average Bonchev–Trinajstić information content (AvgIpc) is 3.53. The Hall–Kier alpha value is -1.77. The van der Waals surface area contributed by atoms with Crippen LogP contribution in [0.3, 0.4) is 0 Å². The van der Waals surface area contributed by atoms with E-state index < -0.39 is 0 Å². The molecule has 0 N–H and O–H groups in total. The van der Waals surface area contributed by atoms with Crippen molar-refractivity contribution in [2.24, 2.45) is 5.92 Å². The summed E-state index contributed by atoms with van der Waals surface area (Å²) in [5, 5.41) is 0.